The number of rotatable bonds is 5. The van der Waals surface area contributed by atoms with Crippen LogP contribution < -0.4 is 0 Å². The van der Waals surface area contributed by atoms with Gasteiger partial charge < -0.3 is 10.0 Å². The number of hydrogen-bond donors (Lipinski definition) is 1. The maximum Gasteiger partial charge on any atom is 0.317 e. The van der Waals surface area contributed by atoms with Crippen LogP contribution in [-0.2, 0) is 4.79 Å². The van der Waals surface area contributed by atoms with E-state index in [1.54, 1.807) is 0 Å². The summed E-state index contributed by atoms with van der Waals surface area (Å²) in [6.07, 6.45) is 6.17. The van der Waals surface area contributed by atoms with Gasteiger partial charge in [0.25, 0.3) is 0 Å². The van der Waals surface area contributed by atoms with Gasteiger partial charge in [0.05, 0.1) is 6.54 Å². The van der Waals surface area contributed by atoms with Crippen LogP contribution in [0.15, 0.2) is 0 Å². The molecule has 4 heteroatoms. The van der Waals surface area contributed by atoms with Crippen molar-refractivity contribution in [3.63, 3.8) is 0 Å². The van der Waals surface area contributed by atoms with Crippen LogP contribution in [0.1, 0.15) is 32.1 Å². The molecule has 0 aromatic carbocycles. The summed E-state index contributed by atoms with van der Waals surface area (Å²) in [5.74, 6) is -0.689. The second-order valence-corrected chi connectivity index (χ2v) is 5.18. The summed E-state index contributed by atoms with van der Waals surface area (Å²) in [7, 11) is 2.16. The van der Waals surface area contributed by atoms with Crippen molar-refractivity contribution in [2.24, 2.45) is 0 Å². The van der Waals surface area contributed by atoms with E-state index in [9.17, 15) is 4.79 Å². The Bertz CT molecular complexity index is 253. The highest BCUT2D eigenvalue weighted by atomic mass is 16.4. The largest absolute Gasteiger partial charge is 0.480 e. The van der Waals surface area contributed by atoms with Gasteiger partial charge in [0, 0.05) is 18.6 Å². The molecule has 0 aromatic rings. The van der Waals surface area contributed by atoms with Crippen molar-refractivity contribution in [3.05, 3.63) is 0 Å². The van der Waals surface area contributed by atoms with Gasteiger partial charge >= 0.3 is 5.97 Å². The zero-order valence-electron chi connectivity index (χ0n) is 10.1. The molecule has 1 aliphatic heterocycles. The first-order valence-corrected chi connectivity index (χ1v) is 6.33. The highest BCUT2D eigenvalue weighted by molar-refractivity contribution is 5.69. The highest BCUT2D eigenvalue weighted by Crippen LogP contribution is 2.28. The van der Waals surface area contributed by atoms with Crippen molar-refractivity contribution in [2.75, 3.05) is 26.7 Å². The molecule has 4 nitrogen and oxygen atoms in total. The van der Waals surface area contributed by atoms with Gasteiger partial charge in [-0.25, -0.2) is 0 Å². The molecule has 0 amide bonds. The maximum absolute atomic E-state index is 10.8. The fourth-order valence-corrected chi connectivity index (χ4v) is 2.60. The number of carboxylic acids is 1. The molecule has 0 bridgehead atoms. The van der Waals surface area contributed by atoms with E-state index in [0.29, 0.717) is 12.1 Å². The Morgan fingerprint density at radius 3 is 2.69 bits per heavy atom. The molecule has 92 valence electrons. The van der Waals surface area contributed by atoms with E-state index in [-0.39, 0.29) is 6.54 Å². The average molecular weight is 226 g/mol. The first-order valence-electron chi connectivity index (χ1n) is 6.33. The third-order valence-electron chi connectivity index (χ3n) is 3.77. The standard InChI is InChI=1S/C12H22N2O2/c1-13-7-3-2-4-11(13)8-14(9-12(15)16)10-5-6-10/h10-11H,2-9H2,1H3,(H,15,16)/t11-/m0/s1. The maximum atomic E-state index is 10.8. The minimum Gasteiger partial charge on any atom is -0.480 e. The molecule has 1 atom stereocenters. The lowest BCUT2D eigenvalue weighted by Crippen LogP contribution is -2.46. The Labute approximate surface area is 97.2 Å². The van der Waals surface area contributed by atoms with Crippen molar-refractivity contribution in [3.8, 4) is 0 Å². The molecule has 2 fully saturated rings. The first-order chi connectivity index (χ1) is 7.66. The smallest absolute Gasteiger partial charge is 0.317 e. The molecule has 0 unspecified atom stereocenters. The van der Waals surface area contributed by atoms with Gasteiger partial charge in [-0.05, 0) is 39.3 Å². The van der Waals surface area contributed by atoms with Crippen LogP contribution in [0.5, 0.6) is 0 Å². The van der Waals surface area contributed by atoms with Crippen LogP contribution in [0.3, 0.4) is 0 Å². The lowest BCUT2D eigenvalue weighted by molar-refractivity contribution is -0.138. The van der Waals surface area contributed by atoms with E-state index in [0.717, 1.165) is 13.1 Å². The van der Waals surface area contributed by atoms with Gasteiger partial charge in [-0.15, -0.1) is 0 Å². The lowest BCUT2D eigenvalue weighted by atomic mass is 10.0. The number of hydrogen-bond acceptors (Lipinski definition) is 3. The van der Waals surface area contributed by atoms with Crippen LogP contribution in [0.4, 0.5) is 0 Å². The number of likely N-dealkylation sites (tertiary alicyclic amines) is 1. The molecule has 2 rings (SSSR count). The Hall–Kier alpha value is -0.610. The van der Waals surface area contributed by atoms with Crippen LogP contribution in [0, 0.1) is 0 Å². The summed E-state index contributed by atoms with van der Waals surface area (Å²) in [4.78, 5) is 15.4. The van der Waals surface area contributed by atoms with Crippen LogP contribution in [-0.4, -0.2) is 59.6 Å². The highest BCUT2D eigenvalue weighted by Gasteiger charge is 2.33. The second-order valence-electron chi connectivity index (χ2n) is 5.18. The van der Waals surface area contributed by atoms with Crippen molar-refractivity contribution >= 4 is 5.97 Å². The van der Waals surface area contributed by atoms with E-state index in [4.69, 9.17) is 5.11 Å². The van der Waals surface area contributed by atoms with E-state index in [1.807, 2.05) is 0 Å². The Kier molecular flexibility index (Phi) is 3.82. The van der Waals surface area contributed by atoms with Gasteiger partial charge in [0.15, 0.2) is 0 Å². The quantitative estimate of drug-likeness (QED) is 0.760. The fraction of sp³-hybridized carbons (Fsp3) is 0.917. The number of nitrogens with zero attached hydrogens (tertiary/aromatic N) is 2. The minimum absolute atomic E-state index is 0.217. The van der Waals surface area contributed by atoms with Crippen molar-refractivity contribution in [1.29, 1.82) is 0 Å². The van der Waals surface area contributed by atoms with Gasteiger partial charge in [-0.3, -0.25) is 9.69 Å². The molecule has 2 aliphatic rings. The summed E-state index contributed by atoms with van der Waals surface area (Å²) in [5.41, 5.74) is 0. The minimum atomic E-state index is -0.689. The van der Waals surface area contributed by atoms with Crippen LogP contribution >= 0.6 is 0 Å². The van der Waals surface area contributed by atoms with E-state index in [2.05, 4.69) is 16.8 Å². The summed E-state index contributed by atoms with van der Waals surface area (Å²) >= 11 is 0. The van der Waals surface area contributed by atoms with Crippen LogP contribution in [0.2, 0.25) is 0 Å². The van der Waals surface area contributed by atoms with E-state index >= 15 is 0 Å². The monoisotopic (exact) mass is 226 g/mol. The average Bonchev–Trinajstić information content (AvgIpc) is 3.03. The predicted molar refractivity (Wildman–Crippen MR) is 62.5 cm³/mol. The third kappa shape index (κ3) is 3.19. The molecule has 1 saturated carbocycles. The molecular weight excluding hydrogens is 204 g/mol. The Balaban J connectivity index is 1.86. The summed E-state index contributed by atoms with van der Waals surface area (Å²) in [5, 5.41) is 8.90. The Morgan fingerprint density at radius 2 is 2.12 bits per heavy atom. The van der Waals surface area contributed by atoms with E-state index in [1.165, 1.54) is 32.1 Å². The topological polar surface area (TPSA) is 43.8 Å². The molecule has 1 N–H and O–H groups in total. The number of piperidine rings is 1. The second kappa shape index (κ2) is 5.15. The zero-order valence-corrected chi connectivity index (χ0v) is 10.1. The zero-order chi connectivity index (χ0) is 11.5. The van der Waals surface area contributed by atoms with Gasteiger partial charge in [-0.1, -0.05) is 6.42 Å². The van der Waals surface area contributed by atoms with Crippen LogP contribution in [0.25, 0.3) is 0 Å². The number of aliphatic carboxylic acids is 1. The van der Waals surface area contributed by atoms with E-state index < -0.39 is 5.97 Å². The Morgan fingerprint density at radius 1 is 1.38 bits per heavy atom. The number of carbonyl (C=O) groups is 1. The van der Waals surface area contributed by atoms with Crippen molar-refractivity contribution < 1.29 is 9.90 Å². The molecular formula is C12H22N2O2. The normalized spacial score (nSPS) is 27.2. The lowest BCUT2D eigenvalue weighted by Gasteiger charge is -2.36. The molecule has 16 heavy (non-hydrogen) atoms. The fourth-order valence-electron chi connectivity index (χ4n) is 2.60. The molecule has 0 radical (unpaired) electrons. The molecule has 0 spiro atoms. The first kappa shape index (κ1) is 11.9. The van der Waals surface area contributed by atoms with Gasteiger partial charge in [0.2, 0.25) is 0 Å². The SMILES string of the molecule is CN1CCCC[C@H]1CN(CC(=O)O)C1CC1. The van der Waals surface area contributed by atoms with Gasteiger partial charge in [-0.2, -0.15) is 0 Å². The molecule has 1 heterocycles. The summed E-state index contributed by atoms with van der Waals surface area (Å²) in [6.45, 7) is 2.32. The van der Waals surface area contributed by atoms with Gasteiger partial charge in [0.1, 0.15) is 0 Å². The van der Waals surface area contributed by atoms with Crippen molar-refractivity contribution in [2.45, 2.75) is 44.2 Å². The third-order valence-corrected chi connectivity index (χ3v) is 3.77. The van der Waals surface area contributed by atoms with Crippen molar-refractivity contribution in [1.82, 2.24) is 9.80 Å². The molecule has 0 aromatic heterocycles. The molecule has 1 aliphatic carbocycles. The summed E-state index contributed by atoms with van der Waals surface area (Å²) in [6, 6.07) is 1.11. The number of carboxylic acid groups (broad SMARTS) is 1. The molecule has 1 saturated heterocycles. The predicted octanol–water partition coefficient (Wildman–Crippen LogP) is 1.02. The number of likely N-dealkylation sites (N-methyl/N-ethyl adjacent to an activating group) is 1. The summed E-state index contributed by atoms with van der Waals surface area (Å²) < 4.78 is 0.